The molecule has 0 amide bonds. The van der Waals surface area contributed by atoms with Crippen LogP contribution in [0.4, 0.5) is 0 Å². The number of rotatable bonds is 2. The molecule has 2 aromatic carbocycles. The Hall–Kier alpha value is -1.87. The number of aromatic nitrogens is 2. The standard InChI is InChI=1S/C15H11BrN2/c16-13-6-4-5-12(9-13)15-10-18(11-17-15)14-7-2-1-3-8-14/h1-11H. The van der Waals surface area contributed by atoms with Crippen LogP contribution in [-0.4, -0.2) is 9.55 Å². The van der Waals surface area contributed by atoms with E-state index in [1.807, 2.05) is 47.4 Å². The van der Waals surface area contributed by atoms with Gasteiger partial charge in [0.15, 0.2) is 0 Å². The Kier molecular flexibility index (Phi) is 2.99. The summed E-state index contributed by atoms with van der Waals surface area (Å²) in [6.45, 7) is 0. The fourth-order valence-corrected chi connectivity index (χ4v) is 2.26. The molecule has 0 fully saturated rings. The molecule has 0 saturated carbocycles. The van der Waals surface area contributed by atoms with Crippen molar-refractivity contribution >= 4 is 15.9 Å². The maximum absolute atomic E-state index is 4.45. The van der Waals surface area contributed by atoms with Gasteiger partial charge in [-0.15, -0.1) is 0 Å². The number of para-hydroxylation sites is 1. The number of halogens is 1. The van der Waals surface area contributed by atoms with E-state index in [4.69, 9.17) is 0 Å². The predicted molar refractivity (Wildman–Crippen MR) is 76.7 cm³/mol. The quantitative estimate of drug-likeness (QED) is 0.690. The lowest BCUT2D eigenvalue weighted by Gasteiger charge is -2.00. The zero-order valence-corrected chi connectivity index (χ0v) is 11.2. The molecule has 0 bridgehead atoms. The Labute approximate surface area is 114 Å². The van der Waals surface area contributed by atoms with Gasteiger partial charge in [0.2, 0.25) is 0 Å². The van der Waals surface area contributed by atoms with Gasteiger partial charge in [0.25, 0.3) is 0 Å². The third kappa shape index (κ3) is 2.22. The highest BCUT2D eigenvalue weighted by Crippen LogP contribution is 2.22. The molecule has 0 saturated heterocycles. The summed E-state index contributed by atoms with van der Waals surface area (Å²) in [5.74, 6) is 0. The second-order valence-corrected chi connectivity index (χ2v) is 4.93. The summed E-state index contributed by atoms with van der Waals surface area (Å²) in [6.07, 6.45) is 3.88. The van der Waals surface area contributed by atoms with Gasteiger partial charge in [-0.05, 0) is 24.3 Å². The van der Waals surface area contributed by atoms with Gasteiger partial charge < -0.3 is 4.57 Å². The van der Waals surface area contributed by atoms with Gasteiger partial charge in [-0.25, -0.2) is 4.98 Å². The zero-order valence-electron chi connectivity index (χ0n) is 9.62. The van der Waals surface area contributed by atoms with Gasteiger partial charge >= 0.3 is 0 Å². The zero-order chi connectivity index (χ0) is 12.4. The maximum atomic E-state index is 4.45. The molecule has 0 atom stereocenters. The summed E-state index contributed by atoms with van der Waals surface area (Å²) in [4.78, 5) is 4.45. The largest absolute Gasteiger partial charge is 0.306 e. The van der Waals surface area contributed by atoms with E-state index in [1.165, 1.54) is 0 Å². The summed E-state index contributed by atoms with van der Waals surface area (Å²) < 4.78 is 3.09. The van der Waals surface area contributed by atoms with Gasteiger partial charge in [-0.3, -0.25) is 0 Å². The van der Waals surface area contributed by atoms with Gasteiger partial charge in [0.1, 0.15) is 0 Å². The average Bonchev–Trinajstić information content (AvgIpc) is 2.89. The van der Waals surface area contributed by atoms with Crippen LogP contribution in [0.1, 0.15) is 0 Å². The second kappa shape index (κ2) is 4.78. The molecule has 0 N–H and O–H groups in total. The van der Waals surface area contributed by atoms with Crippen LogP contribution in [-0.2, 0) is 0 Å². The molecular formula is C15H11BrN2. The average molecular weight is 299 g/mol. The molecule has 3 heteroatoms. The molecule has 2 nitrogen and oxygen atoms in total. The predicted octanol–water partition coefficient (Wildman–Crippen LogP) is 4.30. The van der Waals surface area contributed by atoms with Crippen LogP contribution in [0, 0.1) is 0 Å². The van der Waals surface area contributed by atoms with Gasteiger partial charge in [-0.1, -0.05) is 46.3 Å². The highest BCUT2D eigenvalue weighted by molar-refractivity contribution is 9.10. The van der Waals surface area contributed by atoms with Crippen molar-refractivity contribution in [2.45, 2.75) is 0 Å². The lowest BCUT2D eigenvalue weighted by Crippen LogP contribution is -1.87. The first kappa shape index (κ1) is 11.2. The Morgan fingerprint density at radius 1 is 0.944 bits per heavy atom. The van der Waals surface area contributed by atoms with E-state index in [0.29, 0.717) is 0 Å². The van der Waals surface area contributed by atoms with Crippen molar-refractivity contribution in [3.05, 3.63) is 71.6 Å². The van der Waals surface area contributed by atoms with Crippen molar-refractivity contribution in [2.24, 2.45) is 0 Å². The summed E-state index contributed by atoms with van der Waals surface area (Å²) in [7, 11) is 0. The lowest BCUT2D eigenvalue weighted by molar-refractivity contribution is 1.06. The van der Waals surface area contributed by atoms with Gasteiger partial charge in [0, 0.05) is 21.9 Å². The van der Waals surface area contributed by atoms with E-state index in [1.54, 1.807) is 0 Å². The first-order valence-corrected chi connectivity index (χ1v) is 6.47. The number of benzene rings is 2. The Morgan fingerprint density at radius 3 is 2.56 bits per heavy atom. The van der Waals surface area contributed by atoms with Gasteiger partial charge in [0.05, 0.1) is 12.0 Å². The number of hydrogen-bond acceptors (Lipinski definition) is 1. The van der Waals surface area contributed by atoms with Gasteiger partial charge in [-0.2, -0.15) is 0 Å². The summed E-state index contributed by atoms with van der Waals surface area (Å²) >= 11 is 3.48. The Bertz CT molecular complexity index is 659. The van der Waals surface area contributed by atoms with E-state index < -0.39 is 0 Å². The van der Waals surface area contributed by atoms with Crippen molar-refractivity contribution in [1.29, 1.82) is 0 Å². The third-order valence-corrected chi connectivity index (χ3v) is 3.25. The smallest absolute Gasteiger partial charge is 0.0999 e. The van der Waals surface area contributed by atoms with Crippen molar-refractivity contribution in [3.63, 3.8) is 0 Å². The number of imidazole rings is 1. The third-order valence-electron chi connectivity index (χ3n) is 2.76. The minimum Gasteiger partial charge on any atom is -0.306 e. The minimum atomic E-state index is 0.972. The molecule has 0 unspecified atom stereocenters. The highest BCUT2D eigenvalue weighted by Gasteiger charge is 2.03. The second-order valence-electron chi connectivity index (χ2n) is 4.01. The van der Waals surface area contributed by atoms with Crippen LogP contribution >= 0.6 is 15.9 Å². The summed E-state index contributed by atoms with van der Waals surface area (Å²) in [6, 6.07) is 18.3. The molecule has 18 heavy (non-hydrogen) atoms. The summed E-state index contributed by atoms with van der Waals surface area (Å²) in [5, 5.41) is 0. The first-order valence-electron chi connectivity index (χ1n) is 5.68. The van der Waals surface area contributed by atoms with E-state index in [9.17, 15) is 0 Å². The first-order chi connectivity index (χ1) is 8.83. The van der Waals surface area contributed by atoms with E-state index in [-0.39, 0.29) is 0 Å². The highest BCUT2D eigenvalue weighted by atomic mass is 79.9. The van der Waals surface area contributed by atoms with E-state index >= 15 is 0 Å². The van der Waals surface area contributed by atoms with Crippen molar-refractivity contribution in [1.82, 2.24) is 9.55 Å². The van der Waals surface area contributed by atoms with Crippen molar-refractivity contribution < 1.29 is 0 Å². The molecular weight excluding hydrogens is 288 g/mol. The van der Waals surface area contributed by atoms with Crippen LogP contribution < -0.4 is 0 Å². The fourth-order valence-electron chi connectivity index (χ4n) is 1.86. The summed E-state index contributed by atoms with van der Waals surface area (Å²) in [5.41, 5.74) is 3.20. The topological polar surface area (TPSA) is 17.8 Å². The molecule has 3 aromatic rings. The molecule has 0 aliphatic rings. The molecule has 3 rings (SSSR count). The minimum absolute atomic E-state index is 0.972. The maximum Gasteiger partial charge on any atom is 0.0999 e. The van der Waals surface area contributed by atoms with Crippen LogP contribution in [0.3, 0.4) is 0 Å². The monoisotopic (exact) mass is 298 g/mol. The Morgan fingerprint density at radius 2 is 1.78 bits per heavy atom. The molecule has 1 heterocycles. The SMILES string of the molecule is Brc1cccc(-c2cn(-c3ccccc3)cn2)c1. The lowest BCUT2D eigenvalue weighted by atomic mass is 10.2. The molecule has 0 spiro atoms. The van der Waals surface area contributed by atoms with Crippen LogP contribution in [0.25, 0.3) is 16.9 Å². The number of nitrogens with zero attached hydrogens (tertiary/aromatic N) is 2. The normalized spacial score (nSPS) is 10.5. The van der Waals surface area contributed by atoms with Crippen LogP contribution in [0.5, 0.6) is 0 Å². The molecule has 0 aliphatic carbocycles. The molecule has 1 aromatic heterocycles. The van der Waals surface area contributed by atoms with Crippen LogP contribution in [0.2, 0.25) is 0 Å². The molecule has 0 aliphatic heterocycles. The van der Waals surface area contributed by atoms with E-state index in [2.05, 4.69) is 45.2 Å². The fraction of sp³-hybridized carbons (Fsp3) is 0. The number of hydrogen-bond donors (Lipinski definition) is 0. The van der Waals surface area contributed by atoms with Crippen molar-refractivity contribution in [3.8, 4) is 16.9 Å². The molecule has 0 radical (unpaired) electrons. The molecule has 88 valence electrons. The Balaban J connectivity index is 2.00. The van der Waals surface area contributed by atoms with Crippen LogP contribution in [0.15, 0.2) is 71.6 Å². The van der Waals surface area contributed by atoms with E-state index in [0.717, 1.165) is 21.4 Å². The van der Waals surface area contributed by atoms with Crippen molar-refractivity contribution in [2.75, 3.05) is 0 Å².